The van der Waals surface area contributed by atoms with Crippen molar-refractivity contribution in [2.24, 2.45) is 0 Å². The van der Waals surface area contributed by atoms with Gasteiger partial charge in [0.05, 0.1) is 6.61 Å². The van der Waals surface area contributed by atoms with Crippen molar-refractivity contribution in [2.75, 3.05) is 0 Å². The van der Waals surface area contributed by atoms with E-state index in [1.54, 1.807) is 12.1 Å². The Morgan fingerprint density at radius 3 is 2.06 bits per heavy atom. The van der Waals surface area contributed by atoms with Crippen molar-refractivity contribution in [1.29, 1.82) is 0 Å². The molecule has 0 unspecified atom stereocenters. The molecule has 0 bridgehead atoms. The van der Waals surface area contributed by atoms with Crippen LogP contribution in [0.25, 0.3) is 5.69 Å². The van der Waals surface area contributed by atoms with Gasteiger partial charge in [0.2, 0.25) is 0 Å². The lowest BCUT2D eigenvalue weighted by atomic mass is 10.2. The van der Waals surface area contributed by atoms with E-state index in [1.165, 1.54) is 0 Å². The van der Waals surface area contributed by atoms with Crippen molar-refractivity contribution >= 4 is 0 Å². The van der Waals surface area contributed by atoms with Crippen LogP contribution in [-0.4, -0.2) is 9.67 Å². The summed E-state index contributed by atoms with van der Waals surface area (Å²) in [7, 11) is 0. The maximum Gasteiger partial charge on any atom is 0.182 e. The van der Waals surface area contributed by atoms with Crippen molar-refractivity contribution in [3.8, 4) is 5.69 Å². The van der Waals surface area contributed by atoms with Crippen LogP contribution in [0.3, 0.4) is 0 Å². The lowest BCUT2D eigenvalue weighted by molar-refractivity contribution is 0.282. The SMILES string of the molecule is Cc1cc(=O)cc(C)n1-c1ccc(CO)cc1. The molecule has 0 aliphatic carbocycles. The van der Waals surface area contributed by atoms with E-state index in [0.717, 1.165) is 22.6 Å². The van der Waals surface area contributed by atoms with E-state index in [-0.39, 0.29) is 12.0 Å². The predicted molar refractivity (Wildman–Crippen MR) is 67.4 cm³/mol. The summed E-state index contributed by atoms with van der Waals surface area (Å²) in [6.45, 7) is 3.87. The maximum absolute atomic E-state index is 11.3. The molecule has 17 heavy (non-hydrogen) atoms. The molecule has 2 rings (SSSR count). The van der Waals surface area contributed by atoms with Gasteiger partial charge in [-0.15, -0.1) is 0 Å². The summed E-state index contributed by atoms with van der Waals surface area (Å²) >= 11 is 0. The van der Waals surface area contributed by atoms with Crippen LogP contribution in [0.5, 0.6) is 0 Å². The fourth-order valence-electron chi connectivity index (χ4n) is 2.02. The molecule has 0 aliphatic heterocycles. The van der Waals surface area contributed by atoms with Gasteiger partial charge in [-0.3, -0.25) is 4.79 Å². The first-order valence-electron chi connectivity index (χ1n) is 5.52. The molecule has 1 N–H and O–H groups in total. The molecular formula is C14H15NO2. The zero-order valence-corrected chi connectivity index (χ0v) is 9.97. The van der Waals surface area contributed by atoms with E-state index in [0.29, 0.717) is 0 Å². The van der Waals surface area contributed by atoms with Gasteiger partial charge in [-0.2, -0.15) is 0 Å². The zero-order valence-electron chi connectivity index (χ0n) is 9.97. The third kappa shape index (κ3) is 2.29. The van der Waals surface area contributed by atoms with Gasteiger partial charge in [0.25, 0.3) is 0 Å². The van der Waals surface area contributed by atoms with Crippen molar-refractivity contribution in [2.45, 2.75) is 20.5 Å². The molecule has 0 saturated carbocycles. The predicted octanol–water partition coefficient (Wildman–Crippen LogP) is 1.95. The summed E-state index contributed by atoms with van der Waals surface area (Å²) in [6, 6.07) is 10.9. The second-order valence-corrected chi connectivity index (χ2v) is 4.13. The van der Waals surface area contributed by atoms with Crippen LogP contribution < -0.4 is 5.43 Å². The molecule has 0 saturated heterocycles. The summed E-state index contributed by atoms with van der Waals surface area (Å²) in [5.74, 6) is 0. The number of pyridine rings is 1. The van der Waals surface area contributed by atoms with Crippen LogP contribution in [-0.2, 0) is 6.61 Å². The monoisotopic (exact) mass is 229 g/mol. The van der Waals surface area contributed by atoms with Crippen LogP contribution in [0.4, 0.5) is 0 Å². The molecule has 3 nitrogen and oxygen atoms in total. The average molecular weight is 229 g/mol. The first kappa shape index (κ1) is 11.6. The second-order valence-electron chi connectivity index (χ2n) is 4.13. The Morgan fingerprint density at radius 1 is 1.06 bits per heavy atom. The van der Waals surface area contributed by atoms with Crippen LogP contribution in [0.2, 0.25) is 0 Å². The summed E-state index contributed by atoms with van der Waals surface area (Å²) < 4.78 is 2.02. The Bertz CT molecular complexity index is 556. The van der Waals surface area contributed by atoms with Crippen molar-refractivity contribution in [3.05, 3.63) is 63.6 Å². The van der Waals surface area contributed by atoms with Crippen molar-refractivity contribution in [3.63, 3.8) is 0 Å². The fraction of sp³-hybridized carbons (Fsp3) is 0.214. The Hall–Kier alpha value is -1.87. The topological polar surface area (TPSA) is 42.2 Å². The highest BCUT2D eigenvalue weighted by molar-refractivity contribution is 5.38. The number of aliphatic hydroxyl groups is 1. The minimum absolute atomic E-state index is 0.0308. The van der Waals surface area contributed by atoms with Crippen LogP contribution in [0.1, 0.15) is 17.0 Å². The molecule has 88 valence electrons. The smallest absolute Gasteiger partial charge is 0.182 e. The summed E-state index contributed by atoms with van der Waals surface area (Å²) in [5.41, 5.74) is 3.73. The molecule has 0 spiro atoms. The lowest BCUT2D eigenvalue weighted by Crippen LogP contribution is -2.11. The number of hydrogen-bond acceptors (Lipinski definition) is 2. The van der Waals surface area contributed by atoms with Gasteiger partial charge in [-0.1, -0.05) is 12.1 Å². The van der Waals surface area contributed by atoms with Crippen molar-refractivity contribution < 1.29 is 5.11 Å². The number of aryl methyl sites for hydroxylation is 2. The Labute approximate surface area is 100.0 Å². The largest absolute Gasteiger partial charge is 0.392 e. The number of benzene rings is 1. The highest BCUT2D eigenvalue weighted by Gasteiger charge is 2.03. The van der Waals surface area contributed by atoms with Crippen LogP contribution in [0, 0.1) is 13.8 Å². The second kappa shape index (κ2) is 4.55. The molecule has 3 heteroatoms. The number of aliphatic hydroxyl groups excluding tert-OH is 1. The minimum atomic E-state index is 0.0308. The zero-order chi connectivity index (χ0) is 12.4. The summed E-state index contributed by atoms with van der Waals surface area (Å²) in [5, 5.41) is 9.00. The third-order valence-corrected chi connectivity index (χ3v) is 2.78. The van der Waals surface area contributed by atoms with Gasteiger partial charge in [0.1, 0.15) is 0 Å². The molecular weight excluding hydrogens is 214 g/mol. The van der Waals surface area contributed by atoms with Gasteiger partial charge in [0, 0.05) is 29.2 Å². The number of hydrogen-bond donors (Lipinski definition) is 1. The van der Waals surface area contributed by atoms with Gasteiger partial charge < -0.3 is 9.67 Å². The number of nitrogens with zero attached hydrogens (tertiary/aromatic N) is 1. The van der Waals surface area contributed by atoms with E-state index in [2.05, 4.69) is 0 Å². The summed E-state index contributed by atoms with van der Waals surface area (Å²) in [4.78, 5) is 11.3. The normalized spacial score (nSPS) is 10.5. The van der Waals surface area contributed by atoms with E-state index in [1.807, 2.05) is 42.7 Å². The highest BCUT2D eigenvalue weighted by Crippen LogP contribution is 2.14. The molecule has 0 atom stereocenters. The molecule has 0 amide bonds. The first-order valence-corrected chi connectivity index (χ1v) is 5.52. The Morgan fingerprint density at radius 2 is 1.59 bits per heavy atom. The number of rotatable bonds is 2. The molecule has 1 aromatic heterocycles. The number of aromatic nitrogens is 1. The Balaban J connectivity index is 2.56. The summed E-state index contributed by atoms with van der Waals surface area (Å²) in [6.07, 6.45) is 0. The van der Waals surface area contributed by atoms with E-state index in [4.69, 9.17) is 5.11 Å². The average Bonchev–Trinajstić information content (AvgIpc) is 2.28. The first-order chi connectivity index (χ1) is 8.11. The van der Waals surface area contributed by atoms with E-state index >= 15 is 0 Å². The standard InChI is InChI=1S/C14H15NO2/c1-10-7-14(17)8-11(2)15(10)13-5-3-12(9-16)4-6-13/h3-8,16H,9H2,1-2H3. The maximum atomic E-state index is 11.3. The van der Waals surface area contributed by atoms with Gasteiger partial charge in [-0.25, -0.2) is 0 Å². The minimum Gasteiger partial charge on any atom is -0.392 e. The quantitative estimate of drug-likeness (QED) is 0.855. The molecule has 1 aromatic carbocycles. The van der Waals surface area contributed by atoms with Crippen LogP contribution >= 0.6 is 0 Å². The molecule has 0 radical (unpaired) electrons. The van der Waals surface area contributed by atoms with E-state index in [9.17, 15) is 4.79 Å². The molecule has 0 fully saturated rings. The fourth-order valence-corrected chi connectivity index (χ4v) is 2.02. The van der Waals surface area contributed by atoms with Crippen molar-refractivity contribution in [1.82, 2.24) is 4.57 Å². The van der Waals surface area contributed by atoms with Gasteiger partial charge >= 0.3 is 0 Å². The van der Waals surface area contributed by atoms with Gasteiger partial charge in [0.15, 0.2) is 5.43 Å². The van der Waals surface area contributed by atoms with Crippen LogP contribution in [0.15, 0.2) is 41.2 Å². The van der Waals surface area contributed by atoms with Gasteiger partial charge in [-0.05, 0) is 31.5 Å². The molecule has 0 aliphatic rings. The molecule has 2 aromatic rings. The van der Waals surface area contributed by atoms with E-state index < -0.39 is 0 Å². The lowest BCUT2D eigenvalue weighted by Gasteiger charge is -2.14. The molecule has 1 heterocycles. The third-order valence-electron chi connectivity index (χ3n) is 2.78. The highest BCUT2D eigenvalue weighted by atomic mass is 16.3. The Kier molecular flexibility index (Phi) is 3.11.